The number of nitrogens with zero attached hydrogens (tertiary/aromatic N) is 2. The van der Waals surface area contributed by atoms with Crippen molar-refractivity contribution in [3.05, 3.63) is 127 Å². The highest BCUT2D eigenvalue weighted by molar-refractivity contribution is 5.79. The predicted octanol–water partition coefficient (Wildman–Crippen LogP) is 8.92. The van der Waals surface area contributed by atoms with E-state index in [1.54, 1.807) is 14.2 Å². The molecule has 0 amide bonds. The van der Waals surface area contributed by atoms with Gasteiger partial charge >= 0.3 is 0 Å². The van der Waals surface area contributed by atoms with Gasteiger partial charge in [-0.1, -0.05) is 48.5 Å². The van der Waals surface area contributed by atoms with Crippen LogP contribution < -0.4 is 19.3 Å². The quantitative estimate of drug-likeness (QED) is 0.212. The van der Waals surface area contributed by atoms with E-state index in [0.717, 1.165) is 39.9 Å². The fourth-order valence-electron chi connectivity index (χ4n) is 4.61. The molecule has 0 aromatic heterocycles. The third-order valence-corrected chi connectivity index (χ3v) is 6.73. The van der Waals surface area contributed by atoms with Gasteiger partial charge in [0.25, 0.3) is 0 Å². The first kappa shape index (κ1) is 25.0. The number of benzene rings is 5. The molecule has 0 radical (unpaired) electrons. The van der Waals surface area contributed by atoms with Crippen molar-refractivity contribution in [1.82, 2.24) is 0 Å². The molecule has 5 aromatic carbocycles. The standard InChI is InChI=1S/C34H32N2O2/c1-25-8-5-10-31(22-25)36(32-11-7-13-34(24-32)38-4)29-20-16-27(17-21-29)26-14-18-28(19-15-26)35(2)30-9-6-12-33(23-30)37-3/h5-24H,1-4H3. The summed E-state index contributed by atoms with van der Waals surface area (Å²) in [6, 6.07) is 42.1. The Morgan fingerprint density at radius 3 is 1.50 bits per heavy atom. The van der Waals surface area contributed by atoms with E-state index in [0.29, 0.717) is 0 Å². The summed E-state index contributed by atoms with van der Waals surface area (Å²) < 4.78 is 10.9. The second-order valence-corrected chi connectivity index (χ2v) is 9.23. The van der Waals surface area contributed by atoms with Gasteiger partial charge in [0.15, 0.2) is 0 Å². The van der Waals surface area contributed by atoms with Crippen LogP contribution in [0.2, 0.25) is 0 Å². The molecule has 0 bridgehead atoms. The fraction of sp³-hybridized carbons (Fsp3) is 0.118. The SMILES string of the molecule is COc1cccc(N(C)c2ccc(-c3ccc(N(c4cccc(C)c4)c4cccc(OC)c4)cc3)cc2)c1. The summed E-state index contributed by atoms with van der Waals surface area (Å²) in [5.74, 6) is 1.68. The average Bonchev–Trinajstić information content (AvgIpc) is 2.97. The van der Waals surface area contributed by atoms with Gasteiger partial charge in [0.05, 0.1) is 14.2 Å². The van der Waals surface area contributed by atoms with E-state index in [-0.39, 0.29) is 0 Å². The summed E-state index contributed by atoms with van der Waals surface area (Å²) >= 11 is 0. The molecule has 4 nitrogen and oxygen atoms in total. The Hall–Kier alpha value is -4.70. The van der Waals surface area contributed by atoms with Crippen LogP contribution in [0.5, 0.6) is 11.5 Å². The van der Waals surface area contributed by atoms with Crippen LogP contribution in [0.3, 0.4) is 0 Å². The fourth-order valence-corrected chi connectivity index (χ4v) is 4.61. The van der Waals surface area contributed by atoms with Crippen LogP contribution in [0.25, 0.3) is 11.1 Å². The third kappa shape index (κ3) is 5.35. The number of aryl methyl sites for hydroxylation is 1. The van der Waals surface area contributed by atoms with Crippen molar-refractivity contribution in [2.45, 2.75) is 6.92 Å². The first-order valence-electron chi connectivity index (χ1n) is 12.6. The Morgan fingerprint density at radius 1 is 0.474 bits per heavy atom. The first-order valence-corrected chi connectivity index (χ1v) is 12.6. The predicted molar refractivity (Wildman–Crippen MR) is 159 cm³/mol. The van der Waals surface area contributed by atoms with Crippen LogP contribution in [0.15, 0.2) is 121 Å². The van der Waals surface area contributed by atoms with E-state index in [9.17, 15) is 0 Å². The summed E-state index contributed by atoms with van der Waals surface area (Å²) in [5.41, 5.74) is 8.98. The monoisotopic (exact) mass is 500 g/mol. The summed E-state index contributed by atoms with van der Waals surface area (Å²) in [5, 5.41) is 0. The third-order valence-electron chi connectivity index (χ3n) is 6.73. The highest BCUT2D eigenvalue weighted by Gasteiger charge is 2.14. The maximum absolute atomic E-state index is 5.51. The number of methoxy groups -OCH3 is 2. The van der Waals surface area contributed by atoms with Gasteiger partial charge in [0.2, 0.25) is 0 Å². The number of hydrogen-bond acceptors (Lipinski definition) is 4. The number of anilines is 5. The van der Waals surface area contributed by atoms with E-state index in [4.69, 9.17) is 9.47 Å². The van der Waals surface area contributed by atoms with Gasteiger partial charge in [0.1, 0.15) is 11.5 Å². The van der Waals surface area contributed by atoms with Gasteiger partial charge in [-0.2, -0.15) is 0 Å². The van der Waals surface area contributed by atoms with E-state index >= 15 is 0 Å². The van der Waals surface area contributed by atoms with Gasteiger partial charge in [-0.3, -0.25) is 0 Å². The molecule has 0 fully saturated rings. The van der Waals surface area contributed by atoms with Crippen LogP contribution in [0, 0.1) is 6.92 Å². The Kier molecular flexibility index (Phi) is 7.32. The van der Waals surface area contributed by atoms with E-state index in [1.165, 1.54) is 16.7 Å². The van der Waals surface area contributed by atoms with Gasteiger partial charge < -0.3 is 19.3 Å². The lowest BCUT2D eigenvalue weighted by Crippen LogP contribution is -2.10. The van der Waals surface area contributed by atoms with E-state index in [1.807, 2.05) is 30.3 Å². The molecule has 0 atom stereocenters. The molecule has 0 saturated carbocycles. The molecule has 0 spiro atoms. The van der Waals surface area contributed by atoms with E-state index < -0.39 is 0 Å². The lowest BCUT2D eigenvalue weighted by atomic mass is 10.0. The largest absolute Gasteiger partial charge is 0.497 e. The molecule has 5 rings (SSSR count). The molecule has 38 heavy (non-hydrogen) atoms. The van der Waals surface area contributed by atoms with Crippen molar-refractivity contribution < 1.29 is 9.47 Å². The maximum Gasteiger partial charge on any atom is 0.120 e. The molecule has 0 aliphatic rings. The van der Waals surface area contributed by atoms with Crippen molar-refractivity contribution in [3.63, 3.8) is 0 Å². The van der Waals surface area contributed by atoms with E-state index in [2.05, 4.69) is 115 Å². The van der Waals surface area contributed by atoms with Crippen LogP contribution in [0.4, 0.5) is 28.4 Å². The summed E-state index contributed by atoms with van der Waals surface area (Å²) in [7, 11) is 5.46. The second-order valence-electron chi connectivity index (χ2n) is 9.23. The Balaban J connectivity index is 1.43. The summed E-state index contributed by atoms with van der Waals surface area (Å²) in [6.45, 7) is 2.12. The molecule has 0 heterocycles. The number of rotatable bonds is 8. The lowest BCUT2D eigenvalue weighted by Gasteiger charge is -2.26. The minimum Gasteiger partial charge on any atom is -0.497 e. The molecule has 0 N–H and O–H groups in total. The first-order chi connectivity index (χ1) is 18.6. The molecule has 0 unspecified atom stereocenters. The van der Waals surface area contributed by atoms with Gasteiger partial charge in [-0.15, -0.1) is 0 Å². The number of hydrogen-bond donors (Lipinski definition) is 0. The van der Waals surface area contributed by atoms with Gasteiger partial charge in [-0.05, 0) is 84.3 Å². The molecular formula is C34H32N2O2. The normalized spacial score (nSPS) is 10.6. The zero-order valence-electron chi connectivity index (χ0n) is 22.3. The zero-order chi connectivity index (χ0) is 26.5. The highest BCUT2D eigenvalue weighted by atomic mass is 16.5. The summed E-state index contributed by atoms with van der Waals surface area (Å²) in [4.78, 5) is 4.41. The Labute approximate surface area is 225 Å². The maximum atomic E-state index is 5.51. The average molecular weight is 501 g/mol. The van der Waals surface area contributed by atoms with Crippen molar-refractivity contribution in [2.75, 3.05) is 31.1 Å². The van der Waals surface area contributed by atoms with Crippen LogP contribution >= 0.6 is 0 Å². The molecule has 5 aromatic rings. The number of ether oxygens (including phenoxy) is 2. The van der Waals surface area contributed by atoms with Crippen LogP contribution in [0.1, 0.15) is 5.56 Å². The molecule has 0 aliphatic carbocycles. The topological polar surface area (TPSA) is 24.9 Å². The molecule has 0 aliphatic heterocycles. The Bertz CT molecular complexity index is 1510. The molecule has 4 heteroatoms. The van der Waals surface area contributed by atoms with Crippen molar-refractivity contribution >= 4 is 28.4 Å². The minimum absolute atomic E-state index is 0.829. The van der Waals surface area contributed by atoms with Crippen molar-refractivity contribution in [2.24, 2.45) is 0 Å². The van der Waals surface area contributed by atoms with Crippen molar-refractivity contribution in [3.8, 4) is 22.6 Å². The lowest BCUT2D eigenvalue weighted by molar-refractivity contribution is 0.415. The smallest absolute Gasteiger partial charge is 0.120 e. The Morgan fingerprint density at radius 2 is 0.947 bits per heavy atom. The molecule has 190 valence electrons. The molecular weight excluding hydrogens is 468 g/mol. The van der Waals surface area contributed by atoms with Crippen LogP contribution in [-0.4, -0.2) is 21.3 Å². The molecule has 0 saturated heterocycles. The second kappa shape index (κ2) is 11.1. The summed E-state index contributed by atoms with van der Waals surface area (Å²) in [6.07, 6.45) is 0. The zero-order valence-corrected chi connectivity index (χ0v) is 22.3. The van der Waals surface area contributed by atoms with Gasteiger partial charge in [-0.25, -0.2) is 0 Å². The highest BCUT2D eigenvalue weighted by Crippen LogP contribution is 2.37. The van der Waals surface area contributed by atoms with Crippen LogP contribution in [-0.2, 0) is 0 Å². The van der Waals surface area contributed by atoms with Gasteiger partial charge in [0, 0.05) is 47.6 Å². The van der Waals surface area contributed by atoms with Crippen molar-refractivity contribution in [1.29, 1.82) is 0 Å². The minimum atomic E-state index is 0.829.